The lowest BCUT2D eigenvalue weighted by molar-refractivity contribution is 0.315. The van der Waals surface area contributed by atoms with Gasteiger partial charge in [0.2, 0.25) is 0 Å². The van der Waals surface area contributed by atoms with Crippen molar-refractivity contribution in [1.82, 2.24) is 9.88 Å². The van der Waals surface area contributed by atoms with Crippen LogP contribution in [0.4, 0.5) is 11.5 Å². The second-order valence-electron chi connectivity index (χ2n) is 4.43. The molecule has 0 spiro atoms. The van der Waals surface area contributed by atoms with Gasteiger partial charge in [-0.1, -0.05) is 0 Å². The summed E-state index contributed by atoms with van der Waals surface area (Å²) >= 11 is 3.52. The standard InChI is InChI=1S/C11H17BrN4/c1-15(2)9-3-4-16(7-9)11-10(12)5-8(13)6-14-11/h5-6,9H,3-4,7,13H2,1-2H3. The fourth-order valence-electron chi connectivity index (χ4n) is 2.03. The molecule has 1 aromatic heterocycles. The first-order valence-electron chi connectivity index (χ1n) is 5.40. The number of nitrogen functional groups attached to an aromatic ring is 1. The topological polar surface area (TPSA) is 45.4 Å². The van der Waals surface area contributed by atoms with Crippen molar-refractivity contribution < 1.29 is 0 Å². The molecule has 0 bridgehead atoms. The number of nitrogens with two attached hydrogens (primary N) is 1. The summed E-state index contributed by atoms with van der Waals surface area (Å²) in [4.78, 5) is 8.96. The highest BCUT2D eigenvalue weighted by molar-refractivity contribution is 9.10. The van der Waals surface area contributed by atoms with Crippen LogP contribution in [0, 0.1) is 0 Å². The molecule has 4 nitrogen and oxygen atoms in total. The van der Waals surface area contributed by atoms with E-state index in [4.69, 9.17) is 5.73 Å². The van der Waals surface area contributed by atoms with E-state index in [1.54, 1.807) is 6.20 Å². The zero-order valence-corrected chi connectivity index (χ0v) is 11.2. The van der Waals surface area contributed by atoms with Crippen molar-refractivity contribution in [2.75, 3.05) is 37.8 Å². The summed E-state index contributed by atoms with van der Waals surface area (Å²) in [5.41, 5.74) is 6.38. The molecule has 1 atom stereocenters. The van der Waals surface area contributed by atoms with E-state index >= 15 is 0 Å². The number of aromatic nitrogens is 1. The first-order chi connectivity index (χ1) is 7.58. The van der Waals surface area contributed by atoms with Gasteiger partial charge in [-0.15, -0.1) is 0 Å². The van der Waals surface area contributed by atoms with E-state index in [1.807, 2.05) is 6.07 Å². The lowest BCUT2D eigenvalue weighted by atomic mass is 10.2. The van der Waals surface area contributed by atoms with Crippen molar-refractivity contribution in [2.24, 2.45) is 0 Å². The monoisotopic (exact) mass is 284 g/mol. The number of rotatable bonds is 2. The van der Waals surface area contributed by atoms with Crippen molar-refractivity contribution in [1.29, 1.82) is 0 Å². The van der Waals surface area contributed by atoms with Crippen molar-refractivity contribution in [2.45, 2.75) is 12.5 Å². The van der Waals surface area contributed by atoms with Crippen LogP contribution in [-0.2, 0) is 0 Å². The third-order valence-electron chi connectivity index (χ3n) is 3.04. The first kappa shape index (κ1) is 11.7. The summed E-state index contributed by atoms with van der Waals surface area (Å²) in [5, 5.41) is 0. The van der Waals surface area contributed by atoms with Gasteiger partial charge in [0, 0.05) is 19.1 Å². The maximum Gasteiger partial charge on any atom is 0.143 e. The van der Waals surface area contributed by atoms with Crippen molar-refractivity contribution >= 4 is 27.4 Å². The summed E-state index contributed by atoms with van der Waals surface area (Å²) < 4.78 is 0.979. The second kappa shape index (κ2) is 4.59. The zero-order chi connectivity index (χ0) is 11.7. The van der Waals surface area contributed by atoms with E-state index in [0.717, 1.165) is 23.4 Å². The molecule has 2 rings (SSSR count). The van der Waals surface area contributed by atoms with E-state index in [2.05, 4.69) is 44.8 Å². The van der Waals surface area contributed by atoms with Gasteiger partial charge in [-0.3, -0.25) is 0 Å². The molecule has 1 aliphatic rings. The van der Waals surface area contributed by atoms with Gasteiger partial charge in [0.15, 0.2) is 0 Å². The zero-order valence-electron chi connectivity index (χ0n) is 9.65. The van der Waals surface area contributed by atoms with Crippen molar-refractivity contribution in [3.8, 4) is 0 Å². The molecule has 0 radical (unpaired) electrons. The summed E-state index contributed by atoms with van der Waals surface area (Å²) in [6.07, 6.45) is 2.90. The Morgan fingerprint density at radius 2 is 2.31 bits per heavy atom. The highest BCUT2D eigenvalue weighted by Gasteiger charge is 2.25. The Morgan fingerprint density at radius 1 is 1.56 bits per heavy atom. The maximum absolute atomic E-state index is 5.68. The summed E-state index contributed by atoms with van der Waals surface area (Å²) in [6, 6.07) is 2.52. The number of anilines is 2. The van der Waals surface area contributed by atoms with E-state index < -0.39 is 0 Å². The quantitative estimate of drug-likeness (QED) is 0.896. The van der Waals surface area contributed by atoms with Crippen molar-refractivity contribution in [3.05, 3.63) is 16.7 Å². The van der Waals surface area contributed by atoms with Gasteiger partial charge < -0.3 is 15.5 Å². The van der Waals surface area contributed by atoms with Crippen LogP contribution in [0.15, 0.2) is 16.7 Å². The normalized spacial score (nSPS) is 20.8. The number of likely N-dealkylation sites (N-methyl/N-ethyl adjacent to an activating group) is 1. The molecular weight excluding hydrogens is 268 g/mol. The van der Waals surface area contributed by atoms with Crippen LogP contribution in [0.2, 0.25) is 0 Å². The number of halogens is 1. The Balaban J connectivity index is 2.14. The largest absolute Gasteiger partial charge is 0.397 e. The van der Waals surface area contributed by atoms with Gasteiger partial charge in [0.05, 0.1) is 16.4 Å². The maximum atomic E-state index is 5.68. The Bertz CT molecular complexity index is 380. The van der Waals surface area contributed by atoms with Crippen LogP contribution in [0.1, 0.15) is 6.42 Å². The molecule has 2 heterocycles. The van der Waals surface area contributed by atoms with E-state index in [9.17, 15) is 0 Å². The molecule has 1 aromatic rings. The number of pyridine rings is 1. The Morgan fingerprint density at radius 3 is 2.88 bits per heavy atom. The SMILES string of the molecule is CN(C)C1CCN(c2ncc(N)cc2Br)C1. The average Bonchev–Trinajstić information content (AvgIpc) is 2.66. The van der Waals surface area contributed by atoms with E-state index in [0.29, 0.717) is 11.7 Å². The molecule has 0 aromatic carbocycles. The highest BCUT2D eigenvalue weighted by atomic mass is 79.9. The first-order valence-corrected chi connectivity index (χ1v) is 6.19. The minimum atomic E-state index is 0.617. The van der Waals surface area contributed by atoms with Gasteiger partial charge in [0.25, 0.3) is 0 Å². The predicted molar refractivity (Wildman–Crippen MR) is 70.7 cm³/mol. The minimum Gasteiger partial charge on any atom is -0.397 e. The Labute approximate surface area is 105 Å². The molecule has 0 amide bonds. The van der Waals surface area contributed by atoms with Crippen LogP contribution in [0.5, 0.6) is 0 Å². The van der Waals surface area contributed by atoms with Crippen LogP contribution >= 0.6 is 15.9 Å². The fourth-order valence-corrected chi connectivity index (χ4v) is 2.65. The van der Waals surface area contributed by atoms with Crippen LogP contribution in [0.25, 0.3) is 0 Å². The van der Waals surface area contributed by atoms with E-state index in [-0.39, 0.29) is 0 Å². The predicted octanol–water partition coefficient (Wildman–Crippen LogP) is 1.57. The molecule has 16 heavy (non-hydrogen) atoms. The number of hydrogen-bond donors (Lipinski definition) is 1. The summed E-state index contributed by atoms with van der Waals surface area (Å²) in [7, 11) is 4.25. The van der Waals surface area contributed by atoms with Gasteiger partial charge in [-0.05, 0) is 42.5 Å². The molecule has 1 saturated heterocycles. The van der Waals surface area contributed by atoms with Gasteiger partial charge in [-0.25, -0.2) is 4.98 Å². The van der Waals surface area contributed by atoms with Crippen LogP contribution < -0.4 is 10.6 Å². The molecule has 88 valence electrons. The van der Waals surface area contributed by atoms with Crippen LogP contribution in [-0.4, -0.2) is 43.1 Å². The van der Waals surface area contributed by atoms with Gasteiger partial charge >= 0.3 is 0 Å². The molecule has 1 unspecified atom stereocenters. The molecule has 0 aliphatic carbocycles. The summed E-state index contributed by atoms with van der Waals surface area (Å²) in [5.74, 6) is 0.999. The lowest BCUT2D eigenvalue weighted by Gasteiger charge is -2.21. The minimum absolute atomic E-state index is 0.617. The molecule has 1 fully saturated rings. The average molecular weight is 285 g/mol. The number of nitrogens with zero attached hydrogens (tertiary/aromatic N) is 3. The molecule has 0 saturated carbocycles. The molecule has 2 N–H and O–H groups in total. The third kappa shape index (κ3) is 2.30. The third-order valence-corrected chi connectivity index (χ3v) is 3.62. The van der Waals surface area contributed by atoms with Crippen LogP contribution in [0.3, 0.4) is 0 Å². The second-order valence-corrected chi connectivity index (χ2v) is 5.28. The molecular formula is C11H17BrN4. The Kier molecular flexibility index (Phi) is 3.35. The molecule has 1 aliphatic heterocycles. The lowest BCUT2D eigenvalue weighted by Crippen LogP contribution is -2.31. The van der Waals surface area contributed by atoms with Gasteiger partial charge in [0.1, 0.15) is 5.82 Å². The highest BCUT2D eigenvalue weighted by Crippen LogP contribution is 2.28. The smallest absolute Gasteiger partial charge is 0.143 e. The van der Waals surface area contributed by atoms with Crippen molar-refractivity contribution in [3.63, 3.8) is 0 Å². The summed E-state index contributed by atoms with van der Waals surface area (Å²) in [6.45, 7) is 2.08. The molecule has 5 heteroatoms. The fraction of sp³-hybridized carbons (Fsp3) is 0.545. The van der Waals surface area contributed by atoms with Gasteiger partial charge in [-0.2, -0.15) is 0 Å². The Hall–Kier alpha value is -0.810. The number of hydrogen-bond acceptors (Lipinski definition) is 4. The van der Waals surface area contributed by atoms with E-state index in [1.165, 1.54) is 6.42 Å².